The average Bonchev–Trinajstić information content (AvgIpc) is 2.55. The van der Waals surface area contributed by atoms with Crippen molar-refractivity contribution in [3.63, 3.8) is 0 Å². The van der Waals surface area contributed by atoms with Crippen molar-refractivity contribution < 1.29 is 9.53 Å². The topological polar surface area (TPSA) is 31.2 Å². The van der Waals surface area contributed by atoms with Crippen molar-refractivity contribution in [1.29, 1.82) is 0 Å². The first-order valence-corrected chi connectivity index (χ1v) is 5.25. The highest BCUT2D eigenvalue weighted by Crippen LogP contribution is 2.25. The summed E-state index contributed by atoms with van der Waals surface area (Å²) in [5.41, 5.74) is 3.33. The normalized spacial score (nSPS) is 10.7. The molecule has 1 heterocycles. The average molecular weight is 217 g/mol. The Morgan fingerprint density at radius 3 is 2.75 bits per heavy atom. The van der Waals surface area contributed by atoms with Crippen LogP contribution in [0.5, 0.6) is 0 Å². The Balaban J connectivity index is 2.59. The van der Waals surface area contributed by atoms with Crippen LogP contribution in [0.25, 0.3) is 10.9 Å². The van der Waals surface area contributed by atoms with Crippen molar-refractivity contribution in [1.82, 2.24) is 4.57 Å². The minimum Gasteiger partial charge on any atom is -0.469 e. The van der Waals surface area contributed by atoms with Crippen LogP contribution < -0.4 is 0 Å². The van der Waals surface area contributed by atoms with Crippen LogP contribution in [0.2, 0.25) is 0 Å². The van der Waals surface area contributed by atoms with Gasteiger partial charge in [0.15, 0.2) is 0 Å². The van der Waals surface area contributed by atoms with Crippen LogP contribution in [0.15, 0.2) is 24.3 Å². The van der Waals surface area contributed by atoms with Crippen LogP contribution in [0.4, 0.5) is 0 Å². The highest BCUT2D eigenvalue weighted by atomic mass is 16.5. The van der Waals surface area contributed by atoms with Gasteiger partial charge in [-0.15, -0.1) is 0 Å². The van der Waals surface area contributed by atoms with E-state index in [2.05, 4.69) is 10.6 Å². The van der Waals surface area contributed by atoms with Crippen molar-refractivity contribution in [2.75, 3.05) is 7.11 Å². The molecule has 0 aliphatic heterocycles. The summed E-state index contributed by atoms with van der Waals surface area (Å²) in [5, 5.41) is 1.13. The van der Waals surface area contributed by atoms with E-state index in [1.165, 1.54) is 7.11 Å². The van der Waals surface area contributed by atoms with Gasteiger partial charge >= 0.3 is 5.97 Å². The van der Waals surface area contributed by atoms with Crippen LogP contribution in [0, 0.1) is 6.92 Å². The summed E-state index contributed by atoms with van der Waals surface area (Å²) in [7, 11) is 3.43. The van der Waals surface area contributed by atoms with Gasteiger partial charge < -0.3 is 9.30 Å². The van der Waals surface area contributed by atoms with Gasteiger partial charge in [-0.25, -0.2) is 0 Å². The van der Waals surface area contributed by atoms with Crippen LogP contribution in [0.1, 0.15) is 11.3 Å². The van der Waals surface area contributed by atoms with E-state index in [-0.39, 0.29) is 5.97 Å². The number of ether oxygens (including phenoxy) is 1. The molecule has 1 aromatic carbocycles. The number of aromatic nitrogens is 1. The lowest BCUT2D eigenvalue weighted by molar-refractivity contribution is -0.139. The Bertz CT molecular complexity index is 540. The van der Waals surface area contributed by atoms with Gasteiger partial charge in [0, 0.05) is 23.6 Å². The van der Waals surface area contributed by atoms with E-state index in [0.717, 1.165) is 22.2 Å². The van der Waals surface area contributed by atoms with E-state index < -0.39 is 0 Å². The molecule has 16 heavy (non-hydrogen) atoms. The summed E-state index contributed by atoms with van der Waals surface area (Å²) in [6.45, 7) is 2.03. The van der Waals surface area contributed by atoms with Crippen molar-refractivity contribution in [2.45, 2.75) is 13.3 Å². The monoisotopic (exact) mass is 217 g/mol. The molecule has 0 unspecified atom stereocenters. The zero-order chi connectivity index (χ0) is 11.7. The molecule has 1 aromatic heterocycles. The Hall–Kier alpha value is -1.77. The summed E-state index contributed by atoms with van der Waals surface area (Å²) in [6.07, 6.45) is 0.337. The summed E-state index contributed by atoms with van der Waals surface area (Å²) in [5.74, 6) is -0.195. The molecule has 0 aliphatic carbocycles. The van der Waals surface area contributed by atoms with Gasteiger partial charge in [0.25, 0.3) is 0 Å². The lowest BCUT2D eigenvalue weighted by atomic mass is 10.1. The molecule has 0 aliphatic rings. The number of aryl methyl sites for hydroxylation is 1. The second-order valence-electron chi connectivity index (χ2n) is 3.89. The van der Waals surface area contributed by atoms with E-state index in [9.17, 15) is 4.79 Å². The minimum atomic E-state index is -0.195. The molecule has 0 radical (unpaired) electrons. The van der Waals surface area contributed by atoms with Crippen molar-refractivity contribution in [3.05, 3.63) is 35.5 Å². The Labute approximate surface area is 94.6 Å². The summed E-state index contributed by atoms with van der Waals surface area (Å²) < 4.78 is 6.82. The first-order valence-electron chi connectivity index (χ1n) is 5.25. The number of para-hydroxylation sites is 1. The van der Waals surface area contributed by atoms with Gasteiger partial charge in [0.1, 0.15) is 0 Å². The number of carbonyl (C=O) groups is 1. The largest absolute Gasteiger partial charge is 0.469 e. The lowest BCUT2D eigenvalue weighted by Crippen LogP contribution is -2.05. The van der Waals surface area contributed by atoms with E-state index in [4.69, 9.17) is 4.74 Å². The minimum absolute atomic E-state index is 0.195. The van der Waals surface area contributed by atoms with Crippen LogP contribution in [-0.2, 0) is 23.0 Å². The standard InChI is InChI=1S/C13H15NO2/c1-9-11(8-13(15)16-3)10-6-4-5-7-12(10)14(9)2/h4-7H,8H2,1-3H3. The molecule has 3 nitrogen and oxygen atoms in total. The number of nitrogens with zero attached hydrogens (tertiary/aromatic N) is 1. The molecular formula is C13H15NO2. The third-order valence-corrected chi connectivity index (χ3v) is 3.08. The molecule has 84 valence electrons. The van der Waals surface area contributed by atoms with E-state index in [1.807, 2.05) is 32.2 Å². The molecule has 0 bridgehead atoms. The Morgan fingerprint density at radius 2 is 2.06 bits per heavy atom. The van der Waals surface area contributed by atoms with Gasteiger partial charge in [-0.3, -0.25) is 4.79 Å². The van der Waals surface area contributed by atoms with Gasteiger partial charge in [0.2, 0.25) is 0 Å². The summed E-state index contributed by atoms with van der Waals surface area (Å²) >= 11 is 0. The molecule has 0 spiro atoms. The number of hydrogen-bond acceptors (Lipinski definition) is 2. The number of esters is 1. The SMILES string of the molecule is COC(=O)Cc1c(C)n(C)c2ccccc12. The number of methoxy groups -OCH3 is 1. The third-order valence-electron chi connectivity index (χ3n) is 3.08. The van der Waals surface area contributed by atoms with Gasteiger partial charge in [-0.2, -0.15) is 0 Å². The molecule has 0 amide bonds. The van der Waals surface area contributed by atoms with Gasteiger partial charge in [-0.05, 0) is 18.6 Å². The van der Waals surface area contributed by atoms with E-state index in [1.54, 1.807) is 0 Å². The number of fused-ring (bicyclic) bond motifs is 1. The predicted octanol–water partition coefficient (Wildman–Crippen LogP) is 2.20. The maximum Gasteiger partial charge on any atom is 0.310 e. The lowest BCUT2D eigenvalue weighted by Gasteiger charge is -2.01. The molecular weight excluding hydrogens is 202 g/mol. The smallest absolute Gasteiger partial charge is 0.310 e. The predicted molar refractivity (Wildman–Crippen MR) is 63.4 cm³/mol. The summed E-state index contributed by atoms with van der Waals surface area (Å²) in [6, 6.07) is 8.09. The van der Waals surface area contributed by atoms with Gasteiger partial charge in [-0.1, -0.05) is 18.2 Å². The van der Waals surface area contributed by atoms with Gasteiger partial charge in [0.05, 0.1) is 13.5 Å². The van der Waals surface area contributed by atoms with Crippen LogP contribution >= 0.6 is 0 Å². The molecule has 0 atom stereocenters. The Morgan fingerprint density at radius 1 is 1.38 bits per heavy atom. The Kier molecular flexibility index (Phi) is 2.69. The quantitative estimate of drug-likeness (QED) is 0.722. The molecule has 3 heteroatoms. The second kappa shape index (κ2) is 4.00. The first kappa shape index (κ1) is 10.7. The molecule has 0 saturated carbocycles. The molecule has 0 saturated heterocycles. The highest BCUT2D eigenvalue weighted by molar-refractivity contribution is 5.89. The zero-order valence-electron chi connectivity index (χ0n) is 9.78. The van der Waals surface area contributed by atoms with Crippen molar-refractivity contribution in [3.8, 4) is 0 Å². The first-order chi connectivity index (χ1) is 7.65. The second-order valence-corrected chi connectivity index (χ2v) is 3.89. The number of rotatable bonds is 2. The number of hydrogen-bond donors (Lipinski definition) is 0. The molecule has 2 rings (SSSR count). The van der Waals surface area contributed by atoms with Crippen molar-refractivity contribution >= 4 is 16.9 Å². The van der Waals surface area contributed by atoms with Crippen LogP contribution in [-0.4, -0.2) is 17.6 Å². The number of carbonyl (C=O) groups excluding carboxylic acids is 1. The third kappa shape index (κ3) is 1.58. The highest BCUT2D eigenvalue weighted by Gasteiger charge is 2.14. The molecule has 0 fully saturated rings. The zero-order valence-corrected chi connectivity index (χ0v) is 9.78. The maximum atomic E-state index is 11.4. The summed E-state index contributed by atoms with van der Waals surface area (Å²) in [4.78, 5) is 11.4. The fourth-order valence-corrected chi connectivity index (χ4v) is 2.04. The van der Waals surface area contributed by atoms with Crippen molar-refractivity contribution in [2.24, 2.45) is 7.05 Å². The number of benzene rings is 1. The maximum absolute atomic E-state index is 11.4. The molecule has 2 aromatic rings. The van der Waals surface area contributed by atoms with Crippen LogP contribution in [0.3, 0.4) is 0 Å². The fourth-order valence-electron chi connectivity index (χ4n) is 2.04. The molecule has 0 N–H and O–H groups in total. The van der Waals surface area contributed by atoms with E-state index >= 15 is 0 Å². The van der Waals surface area contributed by atoms with E-state index in [0.29, 0.717) is 6.42 Å². The fraction of sp³-hybridized carbons (Fsp3) is 0.308.